The highest BCUT2D eigenvalue weighted by molar-refractivity contribution is 7.99. The summed E-state index contributed by atoms with van der Waals surface area (Å²) in [7, 11) is 0. The van der Waals surface area contributed by atoms with E-state index in [2.05, 4.69) is 36.5 Å². The number of amides is 2. The fraction of sp³-hybridized carbons (Fsp3) is 0.286. The molecule has 1 N–H and O–H groups in total. The van der Waals surface area contributed by atoms with Crippen molar-refractivity contribution in [1.82, 2.24) is 10.2 Å². The smallest absolute Gasteiger partial charge is 0.243 e. The van der Waals surface area contributed by atoms with Crippen LogP contribution in [0.2, 0.25) is 10.0 Å². The Balaban J connectivity index is 1.84. The van der Waals surface area contributed by atoms with Crippen LogP contribution in [0.25, 0.3) is 0 Å². The van der Waals surface area contributed by atoms with Gasteiger partial charge in [0.2, 0.25) is 11.8 Å². The van der Waals surface area contributed by atoms with Crippen LogP contribution >= 0.6 is 35.0 Å². The summed E-state index contributed by atoms with van der Waals surface area (Å²) in [4.78, 5) is 28.4. The molecule has 0 heterocycles. The molecule has 35 heavy (non-hydrogen) atoms. The predicted octanol–water partition coefficient (Wildman–Crippen LogP) is 6.31. The van der Waals surface area contributed by atoms with E-state index in [9.17, 15) is 9.59 Å². The number of benzene rings is 3. The lowest BCUT2D eigenvalue weighted by Gasteiger charge is -2.31. The van der Waals surface area contributed by atoms with Gasteiger partial charge in [0.05, 0.1) is 15.8 Å². The molecular formula is C28H30Cl2N2O2S. The number of nitrogens with zero attached hydrogens (tertiary/aromatic N) is 1. The first kappa shape index (κ1) is 27.1. The minimum absolute atomic E-state index is 0.0969. The van der Waals surface area contributed by atoms with Crippen LogP contribution in [-0.4, -0.2) is 35.1 Å². The van der Waals surface area contributed by atoms with E-state index in [0.29, 0.717) is 23.0 Å². The van der Waals surface area contributed by atoms with E-state index in [-0.39, 0.29) is 24.1 Å². The Labute approximate surface area is 222 Å². The first-order valence-corrected chi connectivity index (χ1v) is 13.5. The van der Waals surface area contributed by atoms with Gasteiger partial charge in [-0.05, 0) is 42.7 Å². The van der Waals surface area contributed by atoms with Gasteiger partial charge in [-0.1, -0.05) is 89.4 Å². The van der Waals surface area contributed by atoms with Gasteiger partial charge in [-0.25, -0.2) is 0 Å². The van der Waals surface area contributed by atoms with Gasteiger partial charge in [0, 0.05) is 25.3 Å². The molecule has 2 amide bonds. The van der Waals surface area contributed by atoms with E-state index in [4.69, 9.17) is 23.2 Å². The zero-order valence-corrected chi connectivity index (χ0v) is 22.3. The molecule has 0 fully saturated rings. The van der Waals surface area contributed by atoms with Gasteiger partial charge < -0.3 is 10.2 Å². The fourth-order valence-corrected chi connectivity index (χ4v) is 4.90. The number of carbonyl (C=O) groups excluding carboxylic acids is 2. The topological polar surface area (TPSA) is 49.4 Å². The number of thioether (sulfide) groups is 1. The lowest BCUT2D eigenvalue weighted by Crippen LogP contribution is -2.51. The average Bonchev–Trinajstić information content (AvgIpc) is 2.85. The molecule has 0 bridgehead atoms. The summed E-state index contributed by atoms with van der Waals surface area (Å²) in [6, 6.07) is 22.7. The molecule has 7 heteroatoms. The number of likely N-dealkylation sites (N-methyl/N-ethyl adjacent to an activating group) is 1. The van der Waals surface area contributed by atoms with Crippen molar-refractivity contribution < 1.29 is 9.59 Å². The summed E-state index contributed by atoms with van der Waals surface area (Å²) in [6.07, 6.45) is 0.419. The zero-order valence-electron chi connectivity index (χ0n) is 20.0. The molecule has 0 unspecified atom stereocenters. The second kappa shape index (κ2) is 13.6. The highest BCUT2D eigenvalue weighted by Crippen LogP contribution is 2.25. The zero-order chi connectivity index (χ0) is 25.2. The third kappa shape index (κ3) is 8.31. The van der Waals surface area contributed by atoms with Gasteiger partial charge >= 0.3 is 0 Å². The maximum Gasteiger partial charge on any atom is 0.243 e. The van der Waals surface area contributed by atoms with Crippen molar-refractivity contribution in [3.05, 3.63) is 105 Å². The van der Waals surface area contributed by atoms with Crippen molar-refractivity contribution in [3.8, 4) is 0 Å². The predicted molar refractivity (Wildman–Crippen MR) is 147 cm³/mol. The molecule has 4 nitrogen and oxygen atoms in total. The SMILES string of the molecule is CCNC(=O)[C@H](Cc1ccccc1)N(Cc1ccc(Cl)c(Cl)c1)C(=O)CSCc1ccc(C)cc1. The highest BCUT2D eigenvalue weighted by Gasteiger charge is 2.30. The van der Waals surface area contributed by atoms with Gasteiger partial charge in [0.1, 0.15) is 6.04 Å². The number of aryl methyl sites for hydroxylation is 1. The normalized spacial score (nSPS) is 11.7. The van der Waals surface area contributed by atoms with E-state index in [1.165, 1.54) is 5.56 Å². The van der Waals surface area contributed by atoms with E-state index < -0.39 is 6.04 Å². The van der Waals surface area contributed by atoms with Crippen LogP contribution in [0.4, 0.5) is 0 Å². The molecule has 3 aromatic carbocycles. The average molecular weight is 530 g/mol. The molecule has 0 aliphatic carbocycles. The maximum absolute atomic E-state index is 13.6. The van der Waals surface area contributed by atoms with Crippen LogP contribution in [0.3, 0.4) is 0 Å². The molecule has 0 saturated heterocycles. The van der Waals surface area contributed by atoms with Crippen LogP contribution in [-0.2, 0) is 28.3 Å². The summed E-state index contributed by atoms with van der Waals surface area (Å²) >= 11 is 13.9. The molecule has 0 saturated carbocycles. The number of nitrogens with one attached hydrogen (secondary N) is 1. The maximum atomic E-state index is 13.6. The van der Waals surface area contributed by atoms with Gasteiger partial charge in [0.15, 0.2) is 0 Å². The van der Waals surface area contributed by atoms with Crippen LogP contribution in [0.5, 0.6) is 0 Å². The van der Waals surface area contributed by atoms with E-state index in [0.717, 1.165) is 22.4 Å². The van der Waals surface area contributed by atoms with Crippen molar-refractivity contribution in [1.29, 1.82) is 0 Å². The molecule has 184 valence electrons. The Hall–Kier alpha value is -2.47. The summed E-state index contributed by atoms with van der Waals surface area (Å²) < 4.78 is 0. The second-order valence-corrected chi connectivity index (χ2v) is 10.1. The third-order valence-electron chi connectivity index (χ3n) is 5.57. The minimum Gasteiger partial charge on any atom is -0.355 e. The molecule has 0 radical (unpaired) electrons. The molecule has 0 aliphatic rings. The van der Waals surface area contributed by atoms with Gasteiger partial charge in [0.25, 0.3) is 0 Å². The molecule has 0 aromatic heterocycles. The number of carbonyl (C=O) groups is 2. The lowest BCUT2D eigenvalue weighted by molar-refractivity contribution is -0.139. The third-order valence-corrected chi connectivity index (χ3v) is 7.30. The molecule has 0 aliphatic heterocycles. The number of rotatable bonds is 11. The van der Waals surface area contributed by atoms with Gasteiger partial charge in [-0.3, -0.25) is 9.59 Å². The monoisotopic (exact) mass is 528 g/mol. The Morgan fingerprint density at radius 2 is 1.60 bits per heavy atom. The van der Waals surface area contributed by atoms with E-state index >= 15 is 0 Å². The highest BCUT2D eigenvalue weighted by atomic mass is 35.5. The Morgan fingerprint density at radius 3 is 2.26 bits per heavy atom. The van der Waals surface area contributed by atoms with Crippen LogP contribution in [0.15, 0.2) is 72.8 Å². The molecule has 0 spiro atoms. The molecular weight excluding hydrogens is 499 g/mol. The molecule has 3 aromatic rings. The van der Waals surface area contributed by atoms with E-state index in [1.54, 1.807) is 28.8 Å². The summed E-state index contributed by atoms with van der Waals surface area (Å²) in [5.41, 5.74) is 4.17. The van der Waals surface area contributed by atoms with E-state index in [1.807, 2.05) is 43.3 Å². The quantitative estimate of drug-likeness (QED) is 0.317. The summed E-state index contributed by atoms with van der Waals surface area (Å²) in [5, 5.41) is 3.78. The fourth-order valence-electron chi connectivity index (χ4n) is 3.70. The summed E-state index contributed by atoms with van der Waals surface area (Å²) in [5.74, 6) is 0.713. The molecule has 1 atom stereocenters. The van der Waals surface area contributed by atoms with Crippen molar-refractivity contribution in [2.45, 2.75) is 38.6 Å². The van der Waals surface area contributed by atoms with Crippen LogP contribution in [0.1, 0.15) is 29.2 Å². The van der Waals surface area contributed by atoms with Crippen LogP contribution in [0, 0.1) is 6.92 Å². The number of hydrogen-bond acceptors (Lipinski definition) is 3. The Bertz CT molecular complexity index is 1120. The number of hydrogen-bond donors (Lipinski definition) is 1. The second-order valence-electron chi connectivity index (χ2n) is 8.35. The minimum atomic E-state index is -0.653. The summed E-state index contributed by atoms with van der Waals surface area (Å²) in [6.45, 7) is 4.67. The Morgan fingerprint density at radius 1 is 0.914 bits per heavy atom. The largest absolute Gasteiger partial charge is 0.355 e. The lowest BCUT2D eigenvalue weighted by atomic mass is 10.0. The van der Waals surface area contributed by atoms with Crippen molar-refractivity contribution in [2.24, 2.45) is 0 Å². The first-order chi connectivity index (χ1) is 16.9. The van der Waals surface area contributed by atoms with Gasteiger partial charge in [-0.15, -0.1) is 11.8 Å². The van der Waals surface area contributed by atoms with Crippen molar-refractivity contribution in [2.75, 3.05) is 12.3 Å². The Kier molecular flexibility index (Phi) is 10.5. The number of halogens is 2. The van der Waals surface area contributed by atoms with Gasteiger partial charge in [-0.2, -0.15) is 0 Å². The molecule has 3 rings (SSSR count). The van der Waals surface area contributed by atoms with Crippen LogP contribution < -0.4 is 5.32 Å². The first-order valence-electron chi connectivity index (χ1n) is 11.6. The van der Waals surface area contributed by atoms with Crippen molar-refractivity contribution >= 4 is 46.8 Å². The van der Waals surface area contributed by atoms with Crippen molar-refractivity contribution in [3.63, 3.8) is 0 Å². The standard InChI is InChI=1S/C28H30Cl2N2O2S/c1-3-31-28(34)26(16-21-7-5-4-6-8-21)32(17-23-13-14-24(29)25(30)15-23)27(33)19-35-18-22-11-9-20(2)10-12-22/h4-15,26H,3,16-19H2,1-2H3,(H,31,34)/t26-/m0/s1.